The molecule has 0 spiro atoms. The van der Waals surface area contributed by atoms with Crippen molar-refractivity contribution in [3.05, 3.63) is 29.6 Å². The molecule has 1 aliphatic carbocycles. The lowest BCUT2D eigenvalue weighted by Crippen LogP contribution is -2.54. The van der Waals surface area contributed by atoms with Gasteiger partial charge < -0.3 is 15.0 Å². The minimum Gasteiger partial charge on any atom is -0.481 e. The number of carbonyl (C=O) groups is 2. The third-order valence-corrected chi connectivity index (χ3v) is 4.90. The Labute approximate surface area is 153 Å². The predicted octanol–water partition coefficient (Wildman–Crippen LogP) is 3.76. The van der Waals surface area contributed by atoms with E-state index in [-0.39, 0.29) is 23.0 Å². The molecule has 3 rings (SSSR count). The molecule has 0 saturated heterocycles. The third kappa shape index (κ3) is 3.63. The van der Waals surface area contributed by atoms with Crippen molar-refractivity contribution in [2.24, 2.45) is 0 Å². The van der Waals surface area contributed by atoms with Gasteiger partial charge in [-0.1, -0.05) is 0 Å². The van der Waals surface area contributed by atoms with Gasteiger partial charge in [0.15, 0.2) is 0 Å². The summed E-state index contributed by atoms with van der Waals surface area (Å²) >= 11 is 0. The maximum Gasteiger partial charge on any atom is 0.449 e. The molecule has 27 heavy (non-hydrogen) atoms. The molecular formula is C18H20F3N3O3. The topological polar surface area (TPSA) is 84.2 Å². The number of imidazole rings is 1. The lowest BCUT2D eigenvalue weighted by Gasteiger charge is -2.41. The van der Waals surface area contributed by atoms with Crippen molar-refractivity contribution in [1.29, 1.82) is 0 Å². The molecule has 1 amide bonds. The summed E-state index contributed by atoms with van der Waals surface area (Å²) in [5.41, 5.74) is -0.268. The number of benzene rings is 1. The fraction of sp³-hybridized carbons (Fsp3) is 0.500. The quantitative estimate of drug-likeness (QED) is 0.823. The Morgan fingerprint density at radius 3 is 2.48 bits per heavy atom. The van der Waals surface area contributed by atoms with Crippen LogP contribution in [-0.4, -0.2) is 32.1 Å². The monoisotopic (exact) mass is 383 g/mol. The van der Waals surface area contributed by atoms with E-state index in [0.717, 1.165) is 11.0 Å². The third-order valence-electron chi connectivity index (χ3n) is 4.90. The molecular weight excluding hydrogens is 363 g/mol. The maximum atomic E-state index is 13.3. The highest BCUT2D eigenvalue weighted by Gasteiger charge is 2.41. The predicted molar refractivity (Wildman–Crippen MR) is 91.4 cm³/mol. The Bertz CT molecular complexity index is 898. The van der Waals surface area contributed by atoms with Crippen LogP contribution in [0.25, 0.3) is 11.0 Å². The van der Waals surface area contributed by atoms with Gasteiger partial charge in [-0.05, 0) is 51.3 Å². The van der Waals surface area contributed by atoms with Crippen LogP contribution < -0.4 is 5.32 Å². The van der Waals surface area contributed by atoms with Gasteiger partial charge in [0.2, 0.25) is 5.82 Å². The molecule has 1 heterocycles. The average molecular weight is 383 g/mol. The van der Waals surface area contributed by atoms with E-state index >= 15 is 0 Å². The lowest BCUT2D eigenvalue weighted by molar-refractivity contribution is -0.147. The highest BCUT2D eigenvalue weighted by Crippen LogP contribution is 2.36. The number of carboxylic acids is 1. The first-order chi connectivity index (χ1) is 12.5. The molecule has 9 heteroatoms. The van der Waals surface area contributed by atoms with E-state index in [0.29, 0.717) is 12.8 Å². The van der Waals surface area contributed by atoms with Crippen LogP contribution in [-0.2, 0) is 11.0 Å². The maximum absolute atomic E-state index is 13.3. The smallest absolute Gasteiger partial charge is 0.449 e. The van der Waals surface area contributed by atoms with Crippen LogP contribution in [0.3, 0.4) is 0 Å². The molecule has 2 N–H and O–H groups in total. The molecule has 1 aromatic heterocycles. The summed E-state index contributed by atoms with van der Waals surface area (Å²) in [6.45, 7) is 3.26. The van der Waals surface area contributed by atoms with Crippen molar-refractivity contribution in [3.63, 3.8) is 0 Å². The molecule has 0 unspecified atom stereocenters. The fourth-order valence-corrected chi connectivity index (χ4v) is 3.51. The van der Waals surface area contributed by atoms with Crippen LogP contribution in [0.4, 0.5) is 13.2 Å². The highest BCUT2D eigenvalue weighted by atomic mass is 19.4. The number of carbonyl (C=O) groups excluding carboxylic acids is 1. The van der Waals surface area contributed by atoms with E-state index in [9.17, 15) is 22.8 Å². The second-order valence-electron chi connectivity index (χ2n) is 7.26. The van der Waals surface area contributed by atoms with Crippen molar-refractivity contribution in [1.82, 2.24) is 14.9 Å². The number of nitrogens with zero attached hydrogens (tertiary/aromatic N) is 2. The van der Waals surface area contributed by atoms with Gasteiger partial charge in [-0.15, -0.1) is 0 Å². The number of hydrogen-bond donors (Lipinski definition) is 2. The first kappa shape index (κ1) is 19.2. The van der Waals surface area contributed by atoms with Crippen LogP contribution in [0.5, 0.6) is 0 Å². The highest BCUT2D eigenvalue weighted by molar-refractivity contribution is 5.98. The summed E-state index contributed by atoms with van der Waals surface area (Å²) in [6, 6.07) is 3.73. The summed E-state index contributed by atoms with van der Waals surface area (Å²) in [7, 11) is 0. The number of carboxylic acid groups (broad SMARTS) is 1. The number of rotatable bonds is 5. The van der Waals surface area contributed by atoms with E-state index in [1.807, 2.05) is 0 Å². The van der Waals surface area contributed by atoms with Gasteiger partial charge in [-0.25, -0.2) is 4.98 Å². The Morgan fingerprint density at radius 2 is 2.00 bits per heavy atom. The number of nitrogens with one attached hydrogen (secondary N) is 1. The molecule has 2 aromatic rings. The van der Waals surface area contributed by atoms with Crippen LogP contribution in [0, 0.1) is 0 Å². The number of amides is 1. The van der Waals surface area contributed by atoms with Crippen molar-refractivity contribution in [2.45, 2.75) is 57.3 Å². The minimum absolute atomic E-state index is 0.0737. The lowest BCUT2D eigenvalue weighted by atomic mass is 9.74. The standard InChI is InChI=1S/C18H20F3N3O3/c1-10(2)24-13-5-4-11(8-12(13)22-16(24)18(19,20)21)15(27)23-17(6-3-7-17)9-14(25)26/h4-5,8,10H,3,6-7,9H2,1-2H3,(H,23,27)(H,25,26). The Kier molecular flexibility index (Phi) is 4.65. The van der Waals surface area contributed by atoms with Crippen LogP contribution in [0.2, 0.25) is 0 Å². The normalized spacial score (nSPS) is 16.4. The Hall–Kier alpha value is -2.58. The zero-order valence-corrected chi connectivity index (χ0v) is 14.9. The van der Waals surface area contributed by atoms with Crippen LogP contribution in [0.1, 0.15) is 61.8 Å². The summed E-state index contributed by atoms with van der Waals surface area (Å²) in [5.74, 6) is -2.52. The van der Waals surface area contributed by atoms with Gasteiger partial charge in [0, 0.05) is 11.6 Å². The van der Waals surface area contributed by atoms with E-state index in [1.165, 1.54) is 18.2 Å². The largest absolute Gasteiger partial charge is 0.481 e. The molecule has 1 fully saturated rings. The fourth-order valence-electron chi connectivity index (χ4n) is 3.51. The number of aromatic nitrogens is 2. The van der Waals surface area contributed by atoms with E-state index in [4.69, 9.17) is 5.11 Å². The van der Waals surface area contributed by atoms with Crippen molar-refractivity contribution in [3.8, 4) is 0 Å². The van der Waals surface area contributed by atoms with Gasteiger partial charge in [0.05, 0.1) is 23.0 Å². The minimum atomic E-state index is -4.61. The SMILES string of the molecule is CC(C)n1c(C(F)(F)F)nc2cc(C(=O)NC3(CC(=O)O)CCC3)ccc21. The molecule has 0 aliphatic heterocycles. The summed E-state index contributed by atoms with van der Waals surface area (Å²) < 4.78 is 40.9. The second kappa shape index (κ2) is 6.54. The Balaban J connectivity index is 1.95. The number of aliphatic carboxylic acids is 1. The zero-order valence-electron chi connectivity index (χ0n) is 14.9. The van der Waals surface area contributed by atoms with E-state index in [1.54, 1.807) is 13.8 Å². The molecule has 0 bridgehead atoms. The van der Waals surface area contributed by atoms with E-state index in [2.05, 4.69) is 10.3 Å². The summed E-state index contributed by atoms with van der Waals surface area (Å²) in [6.07, 6.45) is -2.84. The number of hydrogen-bond acceptors (Lipinski definition) is 3. The molecule has 6 nitrogen and oxygen atoms in total. The molecule has 1 aromatic carbocycles. The Morgan fingerprint density at radius 1 is 1.33 bits per heavy atom. The molecule has 146 valence electrons. The number of halogens is 3. The van der Waals surface area contributed by atoms with Crippen molar-refractivity contribution >= 4 is 22.9 Å². The second-order valence-corrected chi connectivity index (χ2v) is 7.26. The van der Waals surface area contributed by atoms with Crippen LogP contribution in [0.15, 0.2) is 18.2 Å². The van der Waals surface area contributed by atoms with Gasteiger partial charge in [-0.3, -0.25) is 9.59 Å². The van der Waals surface area contributed by atoms with Crippen LogP contribution >= 0.6 is 0 Å². The van der Waals surface area contributed by atoms with Crippen molar-refractivity contribution < 1.29 is 27.9 Å². The molecule has 1 saturated carbocycles. The molecule has 0 atom stereocenters. The first-order valence-corrected chi connectivity index (χ1v) is 8.66. The van der Waals surface area contributed by atoms with Gasteiger partial charge in [0.25, 0.3) is 5.91 Å². The number of fused-ring (bicyclic) bond motifs is 1. The molecule has 0 radical (unpaired) electrons. The summed E-state index contributed by atoms with van der Waals surface area (Å²) in [5, 5.41) is 11.8. The number of alkyl halides is 3. The first-order valence-electron chi connectivity index (χ1n) is 8.66. The molecule has 1 aliphatic rings. The van der Waals surface area contributed by atoms with E-state index < -0.39 is 35.5 Å². The average Bonchev–Trinajstić information content (AvgIpc) is 2.91. The van der Waals surface area contributed by atoms with Gasteiger partial charge >= 0.3 is 12.1 Å². The van der Waals surface area contributed by atoms with Gasteiger partial charge in [-0.2, -0.15) is 13.2 Å². The van der Waals surface area contributed by atoms with Crippen molar-refractivity contribution in [2.75, 3.05) is 0 Å². The van der Waals surface area contributed by atoms with Gasteiger partial charge in [0.1, 0.15) is 0 Å². The summed E-state index contributed by atoms with van der Waals surface area (Å²) in [4.78, 5) is 27.3. The zero-order chi connectivity index (χ0) is 20.0.